The van der Waals surface area contributed by atoms with Crippen molar-refractivity contribution >= 4 is 18.1 Å². The number of unbranched alkanes of at least 4 members (excludes halogenated alkanes) is 1. The number of likely N-dealkylation sites (N-methyl/N-ethyl adjacent to an activating group) is 1. The SMILES string of the molecule is CN(CCCCC(N)=O)C(=O)/C=C\C=O. The van der Waals surface area contributed by atoms with Gasteiger partial charge in [-0.25, -0.2) is 0 Å². The molecule has 0 aliphatic rings. The molecular weight excluding hydrogens is 196 g/mol. The summed E-state index contributed by atoms with van der Waals surface area (Å²) >= 11 is 0. The van der Waals surface area contributed by atoms with Crippen molar-refractivity contribution in [3.63, 3.8) is 0 Å². The molecule has 0 aliphatic heterocycles. The number of nitrogens with zero attached hydrogens (tertiary/aromatic N) is 1. The molecular formula is C10H16N2O3. The quantitative estimate of drug-likeness (QED) is 0.362. The maximum absolute atomic E-state index is 11.2. The van der Waals surface area contributed by atoms with Crippen molar-refractivity contribution in [1.29, 1.82) is 0 Å². The molecule has 0 heterocycles. The molecule has 0 atom stereocenters. The average Bonchev–Trinajstić information content (AvgIpc) is 2.20. The number of rotatable bonds is 7. The minimum atomic E-state index is -0.329. The molecule has 0 fully saturated rings. The Bertz CT molecular complexity index is 261. The van der Waals surface area contributed by atoms with Crippen LogP contribution in [0.5, 0.6) is 0 Å². The van der Waals surface area contributed by atoms with E-state index in [-0.39, 0.29) is 11.8 Å². The highest BCUT2D eigenvalue weighted by Crippen LogP contribution is 1.97. The van der Waals surface area contributed by atoms with Crippen LogP contribution in [0.2, 0.25) is 0 Å². The Morgan fingerprint density at radius 1 is 1.33 bits per heavy atom. The van der Waals surface area contributed by atoms with E-state index in [0.29, 0.717) is 25.7 Å². The predicted octanol–water partition coefficient (Wildman–Crippen LogP) is -0.145. The fraction of sp³-hybridized carbons (Fsp3) is 0.500. The van der Waals surface area contributed by atoms with E-state index in [0.717, 1.165) is 12.5 Å². The lowest BCUT2D eigenvalue weighted by Crippen LogP contribution is -2.26. The number of primary amides is 1. The van der Waals surface area contributed by atoms with Gasteiger partial charge < -0.3 is 10.6 Å². The number of carbonyl (C=O) groups excluding carboxylic acids is 3. The normalized spacial score (nSPS) is 10.2. The van der Waals surface area contributed by atoms with Gasteiger partial charge in [-0.05, 0) is 18.9 Å². The summed E-state index contributed by atoms with van der Waals surface area (Å²) in [7, 11) is 1.64. The summed E-state index contributed by atoms with van der Waals surface area (Å²) in [6, 6.07) is 0. The molecule has 15 heavy (non-hydrogen) atoms. The van der Waals surface area contributed by atoms with Gasteiger partial charge in [-0.2, -0.15) is 0 Å². The largest absolute Gasteiger partial charge is 0.370 e. The lowest BCUT2D eigenvalue weighted by Gasteiger charge is -2.14. The standard InChI is InChI=1S/C10H16N2O3/c1-12(10(15)6-4-8-13)7-3-2-5-9(11)14/h4,6,8H,2-3,5,7H2,1H3,(H2,11,14)/b6-4-. The van der Waals surface area contributed by atoms with Crippen molar-refractivity contribution in [2.75, 3.05) is 13.6 Å². The van der Waals surface area contributed by atoms with Crippen LogP contribution in [0.15, 0.2) is 12.2 Å². The molecule has 0 unspecified atom stereocenters. The van der Waals surface area contributed by atoms with Gasteiger partial charge in [0, 0.05) is 26.1 Å². The lowest BCUT2D eigenvalue weighted by molar-refractivity contribution is -0.125. The highest BCUT2D eigenvalue weighted by atomic mass is 16.2. The van der Waals surface area contributed by atoms with Crippen LogP contribution in [0.4, 0.5) is 0 Å². The van der Waals surface area contributed by atoms with Gasteiger partial charge in [0.25, 0.3) is 0 Å². The van der Waals surface area contributed by atoms with Crippen molar-refractivity contribution < 1.29 is 14.4 Å². The summed E-state index contributed by atoms with van der Waals surface area (Å²) in [5, 5.41) is 0. The molecule has 0 aromatic carbocycles. The van der Waals surface area contributed by atoms with Crippen LogP contribution >= 0.6 is 0 Å². The van der Waals surface area contributed by atoms with Crippen molar-refractivity contribution in [2.45, 2.75) is 19.3 Å². The van der Waals surface area contributed by atoms with Crippen LogP contribution in [-0.2, 0) is 14.4 Å². The summed E-state index contributed by atoms with van der Waals surface area (Å²) < 4.78 is 0. The number of hydrogen-bond donors (Lipinski definition) is 1. The van der Waals surface area contributed by atoms with Gasteiger partial charge in [-0.3, -0.25) is 14.4 Å². The van der Waals surface area contributed by atoms with E-state index in [4.69, 9.17) is 5.73 Å². The molecule has 0 saturated heterocycles. The van der Waals surface area contributed by atoms with E-state index in [1.807, 2.05) is 0 Å². The third-order valence-corrected chi connectivity index (χ3v) is 1.86. The van der Waals surface area contributed by atoms with Gasteiger partial charge in [-0.15, -0.1) is 0 Å². The third-order valence-electron chi connectivity index (χ3n) is 1.86. The number of nitrogens with two attached hydrogens (primary N) is 1. The zero-order valence-corrected chi connectivity index (χ0v) is 8.81. The number of hydrogen-bond acceptors (Lipinski definition) is 3. The number of amides is 2. The zero-order chi connectivity index (χ0) is 11.7. The Morgan fingerprint density at radius 2 is 2.00 bits per heavy atom. The second-order valence-electron chi connectivity index (χ2n) is 3.18. The van der Waals surface area contributed by atoms with Gasteiger partial charge in [0.1, 0.15) is 6.29 Å². The van der Waals surface area contributed by atoms with Gasteiger partial charge in [0.05, 0.1) is 0 Å². The molecule has 0 aromatic rings. The molecule has 5 nitrogen and oxygen atoms in total. The molecule has 0 radical (unpaired) electrons. The van der Waals surface area contributed by atoms with E-state index in [2.05, 4.69) is 0 Å². The van der Waals surface area contributed by atoms with Gasteiger partial charge in [-0.1, -0.05) is 0 Å². The van der Waals surface area contributed by atoms with E-state index in [1.54, 1.807) is 7.05 Å². The Labute approximate surface area is 88.9 Å². The zero-order valence-electron chi connectivity index (χ0n) is 8.81. The minimum absolute atomic E-state index is 0.221. The molecule has 5 heteroatoms. The second-order valence-corrected chi connectivity index (χ2v) is 3.18. The molecule has 2 amide bonds. The molecule has 0 spiro atoms. The first-order chi connectivity index (χ1) is 7.07. The molecule has 0 aromatic heterocycles. The van der Waals surface area contributed by atoms with E-state index < -0.39 is 0 Å². The van der Waals surface area contributed by atoms with Crippen molar-refractivity contribution in [3.8, 4) is 0 Å². The van der Waals surface area contributed by atoms with Crippen molar-refractivity contribution in [2.24, 2.45) is 5.73 Å². The van der Waals surface area contributed by atoms with Crippen LogP contribution in [0.3, 0.4) is 0 Å². The topological polar surface area (TPSA) is 80.5 Å². The lowest BCUT2D eigenvalue weighted by atomic mass is 10.2. The third kappa shape index (κ3) is 7.42. The van der Waals surface area contributed by atoms with Gasteiger partial charge >= 0.3 is 0 Å². The molecule has 0 bridgehead atoms. The van der Waals surface area contributed by atoms with Crippen molar-refractivity contribution in [3.05, 3.63) is 12.2 Å². The predicted molar refractivity (Wildman–Crippen MR) is 55.9 cm³/mol. The minimum Gasteiger partial charge on any atom is -0.370 e. The first-order valence-corrected chi connectivity index (χ1v) is 4.73. The summed E-state index contributed by atoms with van der Waals surface area (Å²) in [6.45, 7) is 0.551. The van der Waals surface area contributed by atoms with E-state index in [1.165, 1.54) is 11.0 Å². The van der Waals surface area contributed by atoms with Crippen LogP contribution < -0.4 is 5.73 Å². The highest BCUT2D eigenvalue weighted by Gasteiger charge is 2.03. The molecule has 0 rings (SSSR count). The molecule has 84 valence electrons. The Hall–Kier alpha value is -1.65. The monoisotopic (exact) mass is 212 g/mol. The van der Waals surface area contributed by atoms with E-state index >= 15 is 0 Å². The first-order valence-electron chi connectivity index (χ1n) is 4.73. The maximum Gasteiger partial charge on any atom is 0.246 e. The fourth-order valence-electron chi connectivity index (χ4n) is 1.01. The highest BCUT2D eigenvalue weighted by molar-refractivity contribution is 5.90. The number of carbonyl (C=O) groups is 3. The average molecular weight is 212 g/mol. The Balaban J connectivity index is 3.68. The fourth-order valence-corrected chi connectivity index (χ4v) is 1.01. The Kier molecular flexibility index (Phi) is 6.88. The number of allylic oxidation sites excluding steroid dienone is 1. The van der Waals surface area contributed by atoms with Crippen LogP contribution in [-0.4, -0.2) is 36.6 Å². The summed E-state index contributed by atoms with van der Waals surface area (Å²) in [5.41, 5.74) is 4.97. The molecule has 2 N–H and O–H groups in total. The maximum atomic E-state index is 11.2. The van der Waals surface area contributed by atoms with E-state index in [9.17, 15) is 14.4 Å². The van der Waals surface area contributed by atoms with Crippen LogP contribution in [0, 0.1) is 0 Å². The van der Waals surface area contributed by atoms with Gasteiger partial charge in [0.15, 0.2) is 0 Å². The molecule has 0 aliphatic carbocycles. The van der Waals surface area contributed by atoms with Gasteiger partial charge in [0.2, 0.25) is 11.8 Å². The second kappa shape index (κ2) is 7.73. The van der Waals surface area contributed by atoms with Crippen LogP contribution in [0.1, 0.15) is 19.3 Å². The summed E-state index contributed by atoms with van der Waals surface area (Å²) in [5.74, 6) is -0.550. The smallest absolute Gasteiger partial charge is 0.246 e. The summed E-state index contributed by atoms with van der Waals surface area (Å²) in [4.78, 5) is 33.1. The Morgan fingerprint density at radius 3 is 2.53 bits per heavy atom. The van der Waals surface area contributed by atoms with Crippen LogP contribution in [0.25, 0.3) is 0 Å². The first kappa shape index (κ1) is 13.4. The van der Waals surface area contributed by atoms with Crippen molar-refractivity contribution in [1.82, 2.24) is 4.90 Å². The molecule has 0 saturated carbocycles. The number of aldehydes is 1. The summed E-state index contributed by atoms with van der Waals surface area (Å²) in [6.07, 6.45) is 4.65.